The summed E-state index contributed by atoms with van der Waals surface area (Å²) in [7, 11) is -3.96. The van der Waals surface area contributed by atoms with E-state index in [2.05, 4.69) is 4.72 Å². The molecule has 1 atom stereocenters. The number of nitrogen functional groups attached to an aromatic ring is 1. The van der Waals surface area contributed by atoms with Gasteiger partial charge in [-0.05, 0) is 66.9 Å². The molecule has 3 aromatic carbocycles. The summed E-state index contributed by atoms with van der Waals surface area (Å²) < 4.78 is 41.5. The second kappa shape index (κ2) is 14.7. The number of aliphatic carboxylic acids is 1. The number of carbonyl (C=O) groups is 1. The number of carboxylic acid groups (broad SMARTS) is 1. The van der Waals surface area contributed by atoms with Crippen molar-refractivity contribution in [3.63, 3.8) is 0 Å². The molecule has 11 nitrogen and oxygen atoms in total. The van der Waals surface area contributed by atoms with Crippen molar-refractivity contribution in [3.05, 3.63) is 95.6 Å². The van der Waals surface area contributed by atoms with Gasteiger partial charge in [0.1, 0.15) is 30.0 Å². The van der Waals surface area contributed by atoms with E-state index in [1.54, 1.807) is 31.2 Å². The van der Waals surface area contributed by atoms with Gasteiger partial charge in [0, 0.05) is 37.6 Å². The van der Waals surface area contributed by atoms with E-state index >= 15 is 0 Å². The van der Waals surface area contributed by atoms with Crippen molar-refractivity contribution in [3.8, 4) is 11.5 Å². The van der Waals surface area contributed by atoms with Crippen LogP contribution in [0.2, 0.25) is 0 Å². The van der Waals surface area contributed by atoms with Gasteiger partial charge in [0.2, 0.25) is 10.0 Å². The number of hydrogen-bond acceptors (Lipinski definition) is 7. The molecule has 1 saturated heterocycles. The Morgan fingerprint density at radius 1 is 1.07 bits per heavy atom. The zero-order valence-electron chi connectivity index (χ0n) is 24.4. The fourth-order valence-electron chi connectivity index (χ4n) is 4.79. The summed E-state index contributed by atoms with van der Waals surface area (Å²) in [6, 6.07) is 19.5. The van der Waals surface area contributed by atoms with Gasteiger partial charge in [0.05, 0.1) is 16.8 Å². The van der Waals surface area contributed by atoms with Gasteiger partial charge in [0.15, 0.2) is 0 Å². The van der Waals surface area contributed by atoms with Crippen molar-refractivity contribution in [2.45, 2.75) is 43.2 Å². The van der Waals surface area contributed by atoms with Crippen molar-refractivity contribution < 1.29 is 27.8 Å². The number of piperidine rings is 1. The number of carboxylic acids is 1. The Morgan fingerprint density at radius 2 is 1.75 bits per heavy atom. The monoisotopic (exact) mass is 619 g/mol. The number of nitrogens with zero attached hydrogens (tertiary/aromatic N) is 1. The minimum absolute atomic E-state index is 0.00325. The quantitative estimate of drug-likeness (QED) is 0.109. The summed E-state index contributed by atoms with van der Waals surface area (Å²) in [6.07, 6.45) is 4.42. The Labute approximate surface area is 257 Å². The molecule has 0 aliphatic carbocycles. The fraction of sp³-hybridized carbons (Fsp3) is 0.281. The molecular formula is C32H37N5O6S. The SMILES string of the molecule is CC(=N)N1CCC(Oc2ccc(C[C@@H](COc3cccc(C(=N)N)c3)NS(=O)(=O)c3ccc(C=CC(=O)O)cc3)cc2)CC1. The standard InChI is InChI=1S/C32H37N5O6S/c1-22(33)37-17-15-28(16-18-37)43-27-10-5-24(6-11-27)19-26(21-42-29-4-2-3-25(20-29)32(34)35)36-44(40,41)30-12-7-23(8-13-30)9-14-31(38)39/h2-14,20,26,28,33,36H,15-19,21H2,1H3,(H3,34,35)(H,38,39)/t26-/m0/s1. The highest BCUT2D eigenvalue weighted by molar-refractivity contribution is 7.89. The number of rotatable bonds is 13. The maximum absolute atomic E-state index is 13.3. The lowest BCUT2D eigenvalue weighted by molar-refractivity contribution is -0.131. The zero-order valence-corrected chi connectivity index (χ0v) is 25.2. The zero-order chi connectivity index (χ0) is 31.7. The normalized spacial score (nSPS) is 14.7. The van der Waals surface area contributed by atoms with Crippen molar-refractivity contribution in [2.24, 2.45) is 5.73 Å². The van der Waals surface area contributed by atoms with Gasteiger partial charge in [-0.25, -0.2) is 17.9 Å². The first kappa shape index (κ1) is 32.2. The lowest BCUT2D eigenvalue weighted by atomic mass is 10.1. The summed E-state index contributed by atoms with van der Waals surface area (Å²) in [5, 5.41) is 24.3. The minimum atomic E-state index is -3.96. The molecular weight excluding hydrogens is 582 g/mol. The summed E-state index contributed by atoms with van der Waals surface area (Å²) >= 11 is 0. The molecule has 44 heavy (non-hydrogen) atoms. The highest BCUT2D eigenvalue weighted by atomic mass is 32.2. The molecule has 0 unspecified atom stereocenters. The number of sulfonamides is 1. The Bertz CT molecular complexity index is 1600. The average Bonchev–Trinajstić information content (AvgIpc) is 3.00. The van der Waals surface area contributed by atoms with Crippen LogP contribution in [0.25, 0.3) is 6.08 Å². The van der Waals surface area contributed by atoms with Crippen LogP contribution in [0, 0.1) is 10.8 Å². The van der Waals surface area contributed by atoms with E-state index < -0.39 is 22.0 Å². The first-order valence-corrected chi connectivity index (χ1v) is 15.6. The summed E-state index contributed by atoms with van der Waals surface area (Å²) in [6.45, 7) is 3.37. The van der Waals surface area contributed by atoms with Gasteiger partial charge < -0.3 is 25.2 Å². The second-order valence-electron chi connectivity index (χ2n) is 10.5. The van der Waals surface area contributed by atoms with E-state index in [9.17, 15) is 13.2 Å². The molecule has 0 aromatic heterocycles. The third-order valence-corrected chi connectivity index (χ3v) is 8.69. The predicted molar refractivity (Wildman–Crippen MR) is 169 cm³/mol. The van der Waals surface area contributed by atoms with Crippen molar-refractivity contribution in [1.82, 2.24) is 9.62 Å². The largest absolute Gasteiger partial charge is 0.492 e. The molecule has 3 aromatic rings. The number of benzene rings is 3. The number of likely N-dealkylation sites (tertiary alicyclic amines) is 1. The van der Waals surface area contributed by atoms with Gasteiger partial charge in [-0.3, -0.25) is 10.8 Å². The predicted octanol–water partition coefficient (Wildman–Crippen LogP) is 3.88. The van der Waals surface area contributed by atoms with Crippen LogP contribution in [0.1, 0.15) is 36.5 Å². The Morgan fingerprint density at radius 3 is 2.36 bits per heavy atom. The van der Waals surface area contributed by atoms with Crippen LogP contribution in [0.5, 0.6) is 11.5 Å². The Kier molecular flexibility index (Phi) is 10.7. The van der Waals surface area contributed by atoms with Crippen LogP contribution in [0.15, 0.2) is 83.8 Å². The number of nitrogens with two attached hydrogens (primary N) is 1. The van der Waals surface area contributed by atoms with E-state index in [1.807, 2.05) is 29.2 Å². The lowest BCUT2D eigenvalue weighted by Gasteiger charge is -2.32. The van der Waals surface area contributed by atoms with Gasteiger partial charge in [-0.1, -0.05) is 36.4 Å². The number of ether oxygens (including phenoxy) is 2. The Balaban J connectivity index is 1.46. The van der Waals surface area contributed by atoms with Crippen LogP contribution in [-0.4, -0.2) is 67.9 Å². The molecule has 6 N–H and O–H groups in total. The van der Waals surface area contributed by atoms with Crippen LogP contribution >= 0.6 is 0 Å². The maximum atomic E-state index is 13.3. The van der Waals surface area contributed by atoms with Crippen LogP contribution in [0.3, 0.4) is 0 Å². The highest BCUT2D eigenvalue weighted by Gasteiger charge is 2.23. The molecule has 0 saturated carbocycles. The van der Waals surface area contributed by atoms with Crippen LogP contribution < -0.4 is 19.9 Å². The maximum Gasteiger partial charge on any atom is 0.328 e. The molecule has 1 aliphatic heterocycles. The molecule has 1 heterocycles. The first-order valence-electron chi connectivity index (χ1n) is 14.1. The molecule has 1 aliphatic rings. The van der Waals surface area contributed by atoms with Gasteiger partial charge in [-0.2, -0.15) is 0 Å². The van der Waals surface area contributed by atoms with E-state index in [4.69, 9.17) is 31.1 Å². The molecule has 4 rings (SSSR count). The summed E-state index contributed by atoms with van der Waals surface area (Å²) in [5.41, 5.74) is 7.52. The third-order valence-electron chi connectivity index (χ3n) is 7.15. The topological polar surface area (TPSA) is 179 Å². The van der Waals surface area contributed by atoms with Crippen molar-refractivity contribution >= 4 is 33.7 Å². The number of hydrogen-bond donors (Lipinski definition) is 5. The fourth-order valence-corrected chi connectivity index (χ4v) is 6.01. The molecule has 1 fully saturated rings. The van der Waals surface area contributed by atoms with E-state index in [1.165, 1.54) is 30.3 Å². The molecule has 0 bridgehead atoms. The second-order valence-corrected chi connectivity index (χ2v) is 12.3. The highest BCUT2D eigenvalue weighted by Crippen LogP contribution is 2.21. The minimum Gasteiger partial charge on any atom is -0.492 e. The summed E-state index contributed by atoms with van der Waals surface area (Å²) in [5.74, 6) is 0.541. The van der Waals surface area contributed by atoms with E-state index in [0.29, 0.717) is 29.1 Å². The number of nitrogens with one attached hydrogen (secondary N) is 3. The van der Waals surface area contributed by atoms with E-state index in [-0.39, 0.29) is 23.4 Å². The molecule has 0 spiro atoms. The van der Waals surface area contributed by atoms with Crippen LogP contribution in [0.4, 0.5) is 0 Å². The molecule has 0 amide bonds. The number of amidine groups is 2. The smallest absolute Gasteiger partial charge is 0.328 e. The molecule has 0 radical (unpaired) electrons. The van der Waals surface area contributed by atoms with Crippen molar-refractivity contribution in [1.29, 1.82) is 10.8 Å². The van der Waals surface area contributed by atoms with Gasteiger partial charge in [-0.15, -0.1) is 0 Å². The summed E-state index contributed by atoms with van der Waals surface area (Å²) in [4.78, 5) is 12.9. The van der Waals surface area contributed by atoms with E-state index in [0.717, 1.165) is 43.3 Å². The third kappa shape index (κ3) is 9.41. The van der Waals surface area contributed by atoms with Crippen molar-refractivity contribution in [2.75, 3.05) is 19.7 Å². The van der Waals surface area contributed by atoms with Crippen LogP contribution in [-0.2, 0) is 21.2 Å². The Hall–Kier alpha value is -4.68. The average molecular weight is 620 g/mol. The molecule has 232 valence electrons. The van der Waals surface area contributed by atoms with Gasteiger partial charge >= 0.3 is 5.97 Å². The lowest BCUT2D eigenvalue weighted by Crippen LogP contribution is -2.40. The van der Waals surface area contributed by atoms with Gasteiger partial charge in [0.25, 0.3) is 0 Å². The first-order chi connectivity index (χ1) is 21.0. The molecule has 12 heteroatoms.